The summed E-state index contributed by atoms with van der Waals surface area (Å²) in [6.45, 7) is 1.84. The molecule has 2 aliphatic heterocycles. The smallest absolute Gasteiger partial charge is 0.330 e. The van der Waals surface area contributed by atoms with Crippen LogP contribution in [0, 0.1) is 0 Å². The van der Waals surface area contributed by atoms with Crippen LogP contribution in [0.3, 0.4) is 0 Å². The normalized spacial score (nSPS) is 31.8. The average Bonchev–Trinajstić information content (AvgIpc) is 3.24. The first-order valence-corrected chi connectivity index (χ1v) is 10.3. The van der Waals surface area contributed by atoms with E-state index in [1.165, 1.54) is 11.8 Å². The van der Waals surface area contributed by atoms with Gasteiger partial charge >= 0.3 is 5.97 Å². The van der Waals surface area contributed by atoms with E-state index in [4.69, 9.17) is 4.74 Å². The van der Waals surface area contributed by atoms with Crippen LogP contribution in [0.15, 0.2) is 30.3 Å². The predicted molar refractivity (Wildman–Crippen MR) is 107 cm³/mol. The Morgan fingerprint density at radius 2 is 1.81 bits per heavy atom. The van der Waals surface area contributed by atoms with Crippen molar-refractivity contribution >= 4 is 17.8 Å². The Morgan fingerprint density at radius 1 is 1.13 bits per heavy atom. The van der Waals surface area contributed by atoms with E-state index in [1.807, 2.05) is 0 Å². The first-order chi connectivity index (χ1) is 14.7. The third-order valence-corrected chi connectivity index (χ3v) is 5.87. The molecule has 10 nitrogen and oxygen atoms in total. The van der Waals surface area contributed by atoms with Gasteiger partial charge in [-0.2, -0.15) is 0 Å². The lowest BCUT2D eigenvalue weighted by Crippen LogP contribution is -2.58. The number of carbonyl (C=O) groups excluding carboxylic acids is 2. The van der Waals surface area contributed by atoms with Crippen molar-refractivity contribution in [3.63, 3.8) is 0 Å². The minimum absolute atomic E-state index is 0.278. The maximum absolute atomic E-state index is 12.9. The van der Waals surface area contributed by atoms with Crippen LogP contribution in [0.25, 0.3) is 0 Å². The highest BCUT2D eigenvalue weighted by atomic mass is 16.5. The number of nitrogens with one attached hydrogen (secondary N) is 1. The lowest BCUT2D eigenvalue weighted by Gasteiger charge is -2.39. The minimum Gasteiger partial charge on any atom is -0.479 e. The first-order valence-electron chi connectivity index (χ1n) is 10.3. The highest BCUT2D eigenvalue weighted by Crippen LogP contribution is 2.26. The second-order valence-electron chi connectivity index (χ2n) is 7.99. The average molecular weight is 436 g/mol. The Balaban J connectivity index is 1.66. The van der Waals surface area contributed by atoms with Crippen molar-refractivity contribution in [2.75, 3.05) is 6.54 Å². The third-order valence-electron chi connectivity index (χ3n) is 5.87. The first kappa shape index (κ1) is 23.1. The zero-order valence-electron chi connectivity index (χ0n) is 17.1. The molecule has 1 aromatic carbocycles. The summed E-state index contributed by atoms with van der Waals surface area (Å²) >= 11 is 0. The van der Waals surface area contributed by atoms with E-state index in [0.717, 1.165) is 0 Å². The highest BCUT2D eigenvalue weighted by molar-refractivity contribution is 5.91. The molecular formula is C21H28N2O8. The number of hydrogen-bond acceptors (Lipinski definition) is 7. The number of benzene rings is 1. The van der Waals surface area contributed by atoms with Crippen molar-refractivity contribution in [1.29, 1.82) is 0 Å². The molecule has 31 heavy (non-hydrogen) atoms. The maximum Gasteiger partial charge on any atom is 0.330 e. The molecule has 0 aliphatic carbocycles. The van der Waals surface area contributed by atoms with Gasteiger partial charge in [-0.25, -0.2) is 4.79 Å². The summed E-state index contributed by atoms with van der Waals surface area (Å²) in [4.78, 5) is 38.7. The van der Waals surface area contributed by atoms with Gasteiger partial charge in [0.05, 0.1) is 18.6 Å². The molecule has 2 saturated heterocycles. The molecule has 2 aliphatic rings. The van der Waals surface area contributed by atoms with Gasteiger partial charge in [-0.1, -0.05) is 30.3 Å². The minimum atomic E-state index is -1.44. The molecule has 7 atom stereocenters. The van der Waals surface area contributed by atoms with E-state index in [9.17, 15) is 34.8 Å². The summed E-state index contributed by atoms with van der Waals surface area (Å²) in [5.41, 5.74) is 0.416. The zero-order chi connectivity index (χ0) is 22.7. The molecule has 10 heteroatoms. The van der Waals surface area contributed by atoms with Crippen LogP contribution in [-0.2, 0) is 19.1 Å². The van der Waals surface area contributed by atoms with Crippen LogP contribution in [0.4, 0.5) is 0 Å². The zero-order valence-corrected chi connectivity index (χ0v) is 17.1. The van der Waals surface area contributed by atoms with E-state index < -0.39 is 60.4 Å². The van der Waals surface area contributed by atoms with Crippen molar-refractivity contribution in [2.24, 2.45) is 0 Å². The SMILES string of the molecule is C[C@@H]1OC(CC(=O)N2CCC[C@H]2C(=O)N[C@H](C(=O)O)c2ccccc2)[C@@H](O)[C@H](O)[C@@H]1O. The fraction of sp³-hybridized carbons (Fsp3) is 0.571. The molecule has 0 bridgehead atoms. The van der Waals surface area contributed by atoms with Gasteiger partial charge in [0.1, 0.15) is 24.4 Å². The molecule has 2 amide bonds. The van der Waals surface area contributed by atoms with Crippen molar-refractivity contribution in [2.45, 2.75) is 68.8 Å². The van der Waals surface area contributed by atoms with Gasteiger partial charge in [0, 0.05) is 6.54 Å². The number of aliphatic hydroxyl groups is 3. The number of carbonyl (C=O) groups is 3. The Bertz CT molecular complexity index is 804. The molecular weight excluding hydrogens is 408 g/mol. The van der Waals surface area contributed by atoms with Crippen molar-refractivity contribution < 1.29 is 39.5 Å². The summed E-state index contributed by atoms with van der Waals surface area (Å²) < 4.78 is 5.48. The van der Waals surface area contributed by atoms with E-state index >= 15 is 0 Å². The van der Waals surface area contributed by atoms with Crippen LogP contribution in [-0.4, -0.2) is 86.2 Å². The van der Waals surface area contributed by atoms with Gasteiger partial charge in [0.25, 0.3) is 0 Å². The lowest BCUT2D eigenvalue weighted by atomic mass is 9.93. The molecule has 170 valence electrons. The number of amides is 2. The second kappa shape index (κ2) is 9.73. The molecule has 0 saturated carbocycles. The molecule has 1 unspecified atom stereocenters. The van der Waals surface area contributed by atoms with Crippen molar-refractivity contribution in [1.82, 2.24) is 10.2 Å². The topological polar surface area (TPSA) is 157 Å². The van der Waals surface area contributed by atoms with E-state index in [-0.39, 0.29) is 6.42 Å². The predicted octanol–water partition coefficient (Wildman–Crippen LogP) is -0.820. The van der Waals surface area contributed by atoms with E-state index in [1.54, 1.807) is 30.3 Å². The van der Waals surface area contributed by atoms with Gasteiger partial charge in [0.2, 0.25) is 11.8 Å². The van der Waals surface area contributed by atoms with E-state index in [2.05, 4.69) is 5.32 Å². The Labute approximate surface area is 179 Å². The largest absolute Gasteiger partial charge is 0.479 e. The number of aliphatic carboxylic acids is 1. The molecule has 5 N–H and O–H groups in total. The van der Waals surface area contributed by atoms with Crippen LogP contribution in [0.1, 0.15) is 37.8 Å². The summed E-state index contributed by atoms with van der Waals surface area (Å²) in [6, 6.07) is 6.19. The molecule has 2 fully saturated rings. The number of hydrogen-bond donors (Lipinski definition) is 5. The van der Waals surface area contributed by atoms with Crippen molar-refractivity contribution in [3.8, 4) is 0 Å². The number of carboxylic acids is 1. The van der Waals surface area contributed by atoms with Crippen LogP contribution in [0.2, 0.25) is 0 Å². The fourth-order valence-electron chi connectivity index (χ4n) is 4.10. The summed E-state index contributed by atoms with van der Waals surface area (Å²) in [5.74, 6) is -2.24. The monoisotopic (exact) mass is 436 g/mol. The number of carboxylic acid groups (broad SMARTS) is 1. The Kier molecular flexibility index (Phi) is 7.26. The molecule has 0 spiro atoms. The maximum atomic E-state index is 12.9. The van der Waals surface area contributed by atoms with Gasteiger partial charge in [0.15, 0.2) is 6.04 Å². The van der Waals surface area contributed by atoms with Gasteiger partial charge < -0.3 is 35.4 Å². The fourth-order valence-corrected chi connectivity index (χ4v) is 4.10. The quantitative estimate of drug-likeness (QED) is 0.387. The molecule has 1 aromatic rings. The van der Waals surface area contributed by atoms with Gasteiger partial charge in [-0.05, 0) is 25.3 Å². The molecule has 0 aromatic heterocycles. The third kappa shape index (κ3) is 5.04. The molecule has 2 heterocycles. The summed E-state index contributed by atoms with van der Waals surface area (Å²) in [5, 5.41) is 41.9. The summed E-state index contributed by atoms with van der Waals surface area (Å²) in [7, 11) is 0. The Morgan fingerprint density at radius 3 is 2.45 bits per heavy atom. The standard InChI is InChI=1S/C21H28N2O8/c1-11-17(25)19(27)18(26)14(31-11)10-15(24)23-9-5-8-13(23)20(28)22-16(21(29)30)12-6-3-2-4-7-12/h2-4,6-7,11,13-14,16-19,25-27H,5,8-10H2,1H3,(H,22,28)(H,29,30)/t11-,13-,14?,16-,17+,18+,19+/m0/s1. The Hall–Kier alpha value is -2.53. The highest BCUT2D eigenvalue weighted by Gasteiger charge is 2.44. The van der Waals surface area contributed by atoms with Gasteiger partial charge in [-0.15, -0.1) is 0 Å². The molecule has 3 rings (SSSR count). The van der Waals surface area contributed by atoms with E-state index in [0.29, 0.717) is 24.9 Å². The molecule has 0 radical (unpaired) electrons. The summed E-state index contributed by atoms with van der Waals surface area (Å²) in [6.07, 6.45) is -5.28. The van der Waals surface area contributed by atoms with Crippen LogP contribution < -0.4 is 5.32 Å². The van der Waals surface area contributed by atoms with Crippen molar-refractivity contribution in [3.05, 3.63) is 35.9 Å². The lowest BCUT2D eigenvalue weighted by molar-refractivity contribution is -0.219. The van der Waals surface area contributed by atoms with Crippen LogP contribution in [0.5, 0.6) is 0 Å². The number of likely N-dealkylation sites (tertiary alicyclic amines) is 1. The van der Waals surface area contributed by atoms with Crippen LogP contribution >= 0.6 is 0 Å². The van der Waals surface area contributed by atoms with Gasteiger partial charge in [-0.3, -0.25) is 9.59 Å². The number of ether oxygens (including phenoxy) is 1. The number of nitrogens with zero attached hydrogens (tertiary/aromatic N) is 1. The second-order valence-corrected chi connectivity index (χ2v) is 7.99. The number of rotatable bonds is 6. The number of aliphatic hydroxyl groups excluding tert-OH is 3.